The number of halogens is 3. The van der Waals surface area contributed by atoms with Crippen LogP contribution < -0.4 is 10.5 Å². The molecule has 0 atom stereocenters. The minimum Gasteiger partial charge on any atom is -0.433 e. The van der Waals surface area contributed by atoms with E-state index >= 15 is 0 Å². The molecule has 66 valence electrons. The number of nitrogens with two attached hydrogens (primary N) is 1. The fourth-order valence-electron chi connectivity index (χ4n) is 0.622. The normalized spacial score (nSPS) is 10.3. The van der Waals surface area contributed by atoms with E-state index in [1.807, 2.05) is 0 Å². The van der Waals surface area contributed by atoms with E-state index in [-0.39, 0.29) is 11.6 Å². The summed E-state index contributed by atoms with van der Waals surface area (Å²) >= 11 is 2.98. The molecular weight excluding hydrogens is 234 g/mol. The summed E-state index contributed by atoms with van der Waals surface area (Å²) in [6.07, 6.45) is 1.30. The van der Waals surface area contributed by atoms with Gasteiger partial charge in [-0.2, -0.15) is 8.78 Å². The lowest BCUT2D eigenvalue weighted by Crippen LogP contribution is -2.03. The highest BCUT2D eigenvalue weighted by molar-refractivity contribution is 9.10. The molecule has 0 saturated carbocycles. The molecule has 0 aliphatic heterocycles. The molecule has 0 aliphatic carbocycles. The Morgan fingerprint density at radius 1 is 1.58 bits per heavy atom. The minimum absolute atomic E-state index is 0.0162. The zero-order valence-electron chi connectivity index (χ0n) is 5.80. The van der Waals surface area contributed by atoms with Crippen LogP contribution in [0.4, 0.5) is 14.6 Å². The molecule has 1 rings (SSSR count). The Morgan fingerprint density at radius 2 is 2.25 bits per heavy atom. The largest absolute Gasteiger partial charge is 0.433 e. The van der Waals surface area contributed by atoms with E-state index < -0.39 is 6.61 Å². The molecule has 6 heteroatoms. The van der Waals surface area contributed by atoms with Gasteiger partial charge in [0.15, 0.2) is 0 Å². The van der Waals surface area contributed by atoms with Crippen molar-refractivity contribution >= 4 is 21.7 Å². The average molecular weight is 239 g/mol. The summed E-state index contributed by atoms with van der Waals surface area (Å²) in [5.41, 5.74) is 5.25. The van der Waals surface area contributed by atoms with Crippen molar-refractivity contribution in [3.05, 3.63) is 16.7 Å². The third kappa shape index (κ3) is 2.30. The van der Waals surface area contributed by atoms with Crippen molar-refractivity contribution in [3.63, 3.8) is 0 Å². The molecule has 1 heterocycles. The zero-order chi connectivity index (χ0) is 9.14. The summed E-state index contributed by atoms with van der Waals surface area (Å²) in [7, 11) is 0. The number of hydrogen-bond donors (Lipinski definition) is 1. The van der Waals surface area contributed by atoms with Crippen LogP contribution in [0.1, 0.15) is 0 Å². The average Bonchev–Trinajstić information content (AvgIpc) is 1.96. The fourth-order valence-corrected chi connectivity index (χ4v) is 0.932. The first kappa shape index (κ1) is 9.18. The lowest BCUT2D eigenvalue weighted by molar-refractivity contribution is -0.0503. The fraction of sp³-hybridized carbons (Fsp3) is 0.167. The molecule has 0 spiro atoms. The van der Waals surface area contributed by atoms with Gasteiger partial charge in [0.25, 0.3) is 0 Å². The van der Waals surface area contributed by atoms with Crippen molar-refractivity contribution in [2.45, 2.75) is 6.61 Å². The van der Waals surface area contributed by atoms with E-state index in [1.165, 1.54) is 12.3 Å². The standard InChI is InChI=1S/C6H5BrF2N2O/c7-3-2-11-5(10)1-4(3)12-6(8)9/h1-2,6H,(H2,10,11). The Bertz CT molecular complexity index is 282. The zero-order valence-corrected chi connectivity index (χ0v) is 7.38. The minimum atomic E-state index is -2.86. The van der Waals surface area contributed by atoms with Gasteiger partial charge >= 0.3 is 6.61 Å². The SMILES string of the molecule is Nc1cc(OC(F)F)c(Br)cn1. The number of nitrogen functional groups attached to an aromatic ring is 1. The Hall–Kier alpha value is -0.910. The van der Waals surface area contributed by atoms with Crippen molar-refractivity contribution < 1.29 is 13.5 Å². The van der Waals surface area contributed by atoms with Crippen LogP contribution in [0, 0.1) is 0 Å². The molecule has 1 aromatic rings. The first-order valence-electron chi connectivity index (χ1n) is 2.95. The highest BCUT2D eigenvalue weighted by Crippen LogP contribution is 2.26. The lowest BCUT2D eigenvalue weighted by Gasteiger charge is -2.05. The highest BCUT2D eigenvalue weighted by atomic mass is 79.9. The van der Waals surface area contributed by atoms with E-state index in [4.69, 9.17) is 5.73 Å². The van der Waals surface area contributed by atoms with E-state index in [1.54, 1.807) is 0 Å². The number of hydrogen-bond acceptors (Lipinski definition) is 3. The molecule has 0 aromatic carbocycles. The van der Waals surface area contributed by atoms with Crippen LogP contribution in [0.25, 0.3) is 0 Å². The Morgan fingerprint density at radius 3 is 2.83 bits per heavy atom. The number of alkyl halides is 2. The maximum Gasteiger partial charge on any atom is 0.387 e. The quantitative estimate of drug-likeness (QED) is 0.858. The van der Waals surface area contributed by atoms with E-state index in [0.717, 1.165) is 0 Å². The molecule has 0 saturated heterocycles. The Labute approximate surface area is 75.7 Å². The van der Waals surface area contributed by atoms with Crippen molar-refractivity contribution in [1.29, 1.82) is 0 Å². The summed E-state index contributed by atoms with van der Waals surface area (Å²) in [6, 6.07) is 1.22. The van der Waals surface area contributed by atoms with Gasteiger partial charge < -0.3 is 10.5 Å². The van der Waals surface area contributed by atoms with Crippen LogP contribution >= 0.6 is 15.9 Å². The van der Waals surface area contributed by atoms with E-state index in [2.05, 4.69) is 25.7 Å². The van der Waals surface area contributed by atoms with Crippen LogP contribution in [0.3, 0.4) is 0 Å². The molecule has 2 N–H and O–H groups in total. The molecule has 0 fully saturated rings. The van der Waals surface area contributed by atoms with Gasteiger partial charge in [-0.25, -0.2) is 4.98 Å². The van der Waals surface area contributed by atoms with Gasteiger partial charge in [0.05, 0.1) is 4.47 Å². The highest BCUT2D eigenvalue weighted by Gasteiger charge is 2.08. The maximum atomic E-state index is 11.7. The van der Waals surface area contributed by atoms with Gasteiger partial charge in [-0.1, -0.05) is 0 Å². The molecule has 0 radical (unpaired) electrons. The second kappa shape index (κ2) is 3.66. The summed E-state index contributed by atoms with van der Waals surface area (Å²) in [6.45, 7) is -2.86. The smallest absolute Gasteiger partial charge is 0.387 e. The molecule has 0 aliphatic rings. The predicted molar refractivity (Wildman–Crippen MR) is 43.0 cm³/mol. The van der Waals surface area contributed by atoms with Crippen LogP contribution in [-0.2, 0) is 0 Å². The summed E-state index contributed by atoms with van der Waals surface area (Å²) in [4.78, 5) is 3.65. The number of pyridine rings is 1. The summed E-state index contributed by atoms with van der Waals surface area (Å²) < 4.78 is 27.9. The van der Waals surface area contributed by atoms with Crippen LogP contribution in [0.2, 0.25) is 0 Å². The number of nitrogens with zero attached hydrogens (tertiary/aromatic N) is 1. The lowest BCUT2D eigenvalue weighted by atomic mass is 10.4. The molecule has 3 nitrogen and oxygen atoms in total. The number of ether oxygens (including phenoxy) is 1. The van der Waals surface area contributed by atoms with Gasteiger partial charge in [-0.3, -0.25) is 0 Å². The third-order valence-corrected chi connectivity index (χ3v) is 1.65. The van der Waals surface area contributed by atoms with E-state index in [9.17, 15) is 8.78 Å². The number of anilines is 1. The van der Waals surface area contributed by atoms with Crippen molar-refractivity contribution in [2.75, 3.05) is 5.73 Å². The van der Waals surface area contributed by atoms with Crippen molar-refractivity contribution in [2.24, 2.45) is 0 Å². The third-order valence-electron chi connectivity index (χ3n) is 1.06. The second-order valence-electron chi connectivity index (χ2n) is 1.92. The van der Waals surface area contributed by atoms with Gasteiger partial charge in [-0.05, 0) is 15.9 Å². The Kier molecular flexibility index (Phi) is 2.80. The van der Waals surface area contributed by atoms with Gasteiger partial charge in [0.2, 0.25) is 0 Å². The molecule has 0 amide bonds. The molecule has 0 unspecified atom stereocenters. The topological polar surface area (TPSA) is 48.1 Å². The van der Waals surface area contributed by atoms with Crippen molar-refractivity contribution in [3.8, 4) is 5.75 Å². The van der Waals surface area contributed by atoms with Gasteiger partial charge in [0, 0.05) is 12.3 Å². The van der Waals surface area contributed by atoms with Gasteiger partial charge in [-0.15, -0.1) is 0 Å². The Balaban J connectivity index is 2.90. The van der Waals surface area contributed by atoms with Crippen LogP contribution in [0.5, 0.6) is 5.75 Å². The van der Waals surface area contributed by atoms with Gasteiger partial charge in [0.1, 0.15) is 11.6 Å². The number of rotatable bonds is 2. The summed E-state index contributed by atoms with van der Waals surface area (Å²) in [5.74, 6) is 0.117. The van der Waals surface area contributed by atoms with Crippen LogP contribution in [0.15, 0.2) is 16.7 Å². The molecule has 0 bridgehead atoms. The monoisotopic (exact) mass is 238 g/mol. The van der Waals surface area contributed by atoms with Crippen LogP contribution in [-0.4, -0.2) is 11.6 Å². The summed E-state index contributed by atoms with van der Waals surface area (Å²) in [5, 5.41) is 0. The molecule has 1 aromatic heterocycles. The predicted octanol–water partition coefficient (Wildman–Crippen LogP) is 2.03. The molecule has 12 heavy (non-hydrogen) atoms. The first-order valence-corrected chi connectivity index (χ1v) is 3.74. The molecular formula is C6H5BrF2N2O. The number of aromatic nitrogens is 1. The second-order valence-corrected chi connectivity index (χ2v) is 2.77. The van der Waals surface area contributed by atoms with Crippen molar-refractivity contribution in [1.82, 2.24) is 4.98 Å². The first-order chi connectivity index (χ1) is 5.59. The van der Waals surface area contributed by atoms with E-state index in [0.29, 0.717) is 4.47 Å². The maximum absolute atomic E-state index is 11.7.